The maximum Gasteiger partial charge on any atom is 0.329 e. The minimum atomic E-state index is -4.30. The number of carbonyl (C=O) groups excluding carboxylic acids is 1. The van der Waals surface area contributed by atoms with Gasteiger partial charge in [-0.1, -0.05) is 11.6 Å². The molecule has 0 radical (unpaired) electrons. The van der Waals surface area contributed by atoms with Gasteiger partial charge in [0, 0.05) is 11.8 Å². The summed E-state index contributed by atoms with van der Waals surface area (Å²) in [5.74, 6) is 0. The fourth-order valence-electron chi connectivity index (χ4n) is 1.46. The molecular weight excluding hydrogens is 352 g/mol. The lowest BCUT2D eigenvalue weighted by atomic mass is 10.1. The fourth-order valence-corrected chi connectivity index (χ4v) is 3.62. The highest BCUT2D eigenvalue weighted by atomic mass is 35.5. The summed E-state index contributed by atoms with van der Waals surface area (Å²) in [6, 6.07) is 2.30. The van der Waals surface area contributed by atoms with E-state index in [4.69, 9.17) is 11.6 Å². The van der Waals surface area contributed by atoms with Crippen LogP contribution in [0.1, 0.15) is 20.8 Å². The molecular formula is C12H17ClN2O5S2. The highest BCUT2D eigenvalue weighted by Crippen LogP contribution is 2.24. The van der Waals surface area contributed by atoms with E-state index in [1.54, 1.807) is 25.5 Å². The first kappa shape index (κ1) is 18.7. The van der Waals surface area contributed by atoms with Gasteiger partial charge in [0.05, 0.1) is 9.92 Å². The van der Waals surface area contributed by atoms with E-state index >= 15 is 0 Å². The summed E-state index contributed by atoms with van der Waals surface area (Å²) >= 11 is 5.80. The zero-order chi connectivity index (χ0) is 17.3. The Bertz CT molecular complexity index is 795. The third-order valence-electron chi connectivity index (χ3n) is 2.34. The zero-order valence-corrected chi connectivity index (χ0v) is 14.9. The minimum Gasteiger partial charge on any atom is -0.333 e. The predicted molar refractivity (Wildman–Crippen MR) is 83.2 cm³/mol. The van der Waals surface area contributed by atoms with Crippen molar-refractivity contribution in [3.8, 4) is 0 Å². The molecule has 0 atom stereocenters. The van der Waals surface area contributed by atoms with Crippen LogP contribution in [0.3, 0.4) is 0 Å². The van der Waals surface area contributed by atoms with Crippen LogP contribution in [0.5, 0.6) is 0 Å². The third-order valence-corrected chi connectivity index (χ3v) is 5.26. The van der Waals surface area contributed by atoms with Crippen LogP contribution in [0.2, 0.25) is 5.02 Å². The van der Waals surface area contributed by atoms with Crippen molar-refractivity contribution in [2.24, 2.45) is 0 Å². The highest BCUT2D eigenvalue weighted by Gasteiger charge is 2.24. The van der Waals surface area contributed by atoms with Crippen molar-refractivity contribution in [2.75, 3.05) is 6.26 Å². The average molecular weight is 369 g/mol. The molecule has 0 aromatic heterocycles. The Morgan fingerprint density at radius 2 is 1.68 bits per heavy atom. The summed E-state index contributed by atoms with van der Waals surface area (Å²) in [6.45, 7) is 5.03. The van der Waals surface area contributed by atoms with E-state index in [2.05, 4.69) is 5.32 Å². The summed E-state index contributed by atoms with van der Waals surface area (Å²) in [6.07, 6.45) is 0.937. The molecule has 2 N–H and O–H groups in total. The van der Waals surface area contributed by atoms with Crippen LogP contribution < -0.4 is 10.0 Å². The topological polar surface area (TPSA) is 109 Å². The van der Waals surface area contributed by atoms with Crippen LogP contribution in [-0.4, -0.2) is 34.7 Å². The van der Waals surface area contributed by atoms with Crippen molar-refractivity contribution < 1.29 is 21.6 Å². The number of halogens is 1. The molecule has 2 amide bonds. The lowest BCUT2D eigenvalue weighted by Crippen LogP contribution is -2.48. The molecule has 0 saturated heterocycles. The van der Waals surface area contributed by atoms with Crippen LogP contribution in [-0.2, 0) is 19.9 Å². The van der Waals surface area contributed by atoms with E-state index in [9.17, 15) is 21.6 Å². The van der Waals surface area contributed by atoms with Crippen LogP contribution in [0.25, 0.3) is 0 Å². The van der Waals surface area contributed by atoms with Crippen molar-refractivity contribution in [2.45, 2.75) is 36.1 Å². The monoisotopic (exact) mass is 368 g/mol. The molecule has 0 fully saturated rings. The number of amides is 2. The van der Waals surface area contributed by atoms with E-state index in [0.29, 0.717) is 0 Å². The van der Waals surface area contributed by atoms with Gasteiger partial charge in [-0.05, 0) is 39.0 Å². The molecule has 124 valence electrons. The Morgan fingerprint density at radius 1 is 1.14 bits per heavy atom. The number of rotatable bonds is 3. The SMILES string of the molecule is CC(C)(C)NC(=O)NS(=O)(=O)c1cc(S(C)(=O)=O)ccc1Cl. The second kappa shape index (κ2) is 6.05. The van der Waals surface area contributed by atoms with Crippen molar-refractivity contribution in [3.05, 3.63) is 23.2 Å². The van der Waals surface area contributed by atoms with Crippen molar-refractivity contribution >= 4 is 37.5 Å². The van der Waals surface area contributed by atoms with Gasteiger partial charge in [-0.15, -0.1) is 0 Å². The van der Waals surface area contributed by atoms with Gasteiger partial charge in [0.25, 0.3) is 10.0 Å². The van der Waals surface area contributed by atoms with Gasteiger partial charge in [0.2, 0.25) is 0 Å². The number of carbonyl (C=O) groups is 1. The molecule has 1 aromatic rings. The van der Waals surface area contributed by atoms with Crippen molar-refractivity contribution in [3.63, 3.8) is 0 Å². The highest BCUT2D eigenvalue weighted by molar-refractivity contribution is 7.91. The van der Waals surface area contributed by atoms with Crippen molar-refractivity contribution in [1.82, 2.24) is 10.0 Å². The Kier molecular flexibility index (Phi) is 5.15. The molecule has 0 aliphatic heterocycles. The third kappa shape index (κ3) is 5.15. The molecule has 0 aliphatic carbocycles. The molecule has 0 bridgehead atoms. The van der Waals surface area contributed by atoms with E-state index in [1.165, 1.54) is 6.07 Å². The zero-order valence-electron chi connectivity index (χ0n) is 12.5. The quantitative estimate of drug-likeness (QED) is 0.840. The maximum atomic E-state index is 12.2. The molecule has 1 aromatic carbocycles. The van der Waals surface area contributed by atoms with Crippen LogP contribution >= 0.6 is 11.6 Å². The van der Waals surface area contributed by atoms with Gasteiger partial charge in [-0.3, -0.25) is 0 Å². The molecule has 7 nitrogen and oxygen atoms in total. The summed E-state index contributed by atoms with van der Waals surface area (Å²) < 4.78 is 49.1. The first-order chi connectivity index (χ1) is 9.72. The Balaban J connectivity index is 3.21. The molecule has 0 unspecified atom stereocenters. The molecule has 22 heavy (non-hydrogen) atoms. The molecule has 0 saturated carbocycles. The Hall–Kier alpha value is -1.32. The number of hydrogen-bond acceptors (Lipinski definition) is 5. The van der Waals surface area contributed by atoms with Crippen LogP contribution in [0.15, 0.2) is 28.0 Å². The lowest BCUT2D eigenvalue weighted by molar-refractivity contribution is 0.237. The smallest absolute Gasteiger partial charge is 0.329 e. The average Bonchev–Trinajstić information content (AvgIpc) is 2.23. The maximum absolute atomic E-state index is 12.2. The number of sulfone groups is 1. The molecule has 0 spiro atoms. The standard InChI is InChI=1S/C12H17ClN2O5S2/c1-12(2,3)14-11(16)15-22(19,20)10-7-8(21(4,17)18)5-6-9(10)13/h5-7H,1-4H3,(H2,14,15,16). The van der Waals surface area contributed by atoms with Gasteiger partial charge >= 0.3 is 6.03 Å². The van der Waals surface area contributed by atoms with Gasteiger partial charge < -0.3 is 5.32 Å². The van der Waals surface area contributed by atoms with Crippen LogP contribution in [0.4, 0.5) is 4.79 Å². The summed E-state index contributed by atoms with van der Waals surface area (Å²) in [5.41, 5.74) is -0.641. The second-order valence-corrected chi connectivity index (χ2v) is 9.75. The van der Waals surface area contributed by atoms with E-state index < -0.39 is 36.3 Å². The fraction of sp³-hybridized carbons (Fsp3) is 0.417. The number of benzene rings is 1. The number of sulfonamides is 1. The first-order valence-electron chi connectivity index (χ1n) is 6.07. The number of hydrogen-bond donors (Lipinski definition) is 2. The van der Waals surface area contributed by atoms with Crippen LogP contribution in [0, 0.1) is 0 Å². The molecule has 10 heteroatoms. The summed E-state index contributed by atoms with van der Waals surface area (Å²) in [4.78, 5) is 11.0. The van der Waals surface area contributed by atoms with Gasteiger partial charge in [-0.25, -0.2) is 26.4 Å². The summed E-state index contributed by atoms with van der Waals surface area (Å²) in [5, 5.41) is 2.23. The Morgan fingerprint density at radius 3 is 2.14 bits per heavy atom. The first-order valence-corrected chi connectivity index (χ1v) is 9.82. The molecule has 0 heterocycles. The van der Waals surface area contributed by atoms with Crippen molar-refractivity contribution in [1.29, 1.82) is 0 Å². The van der Waals surface area contributed by atoms with E-state index in [-0.39, 0.29) is 9.92 Å². The normalized spacial score (nSPS) is 12.8. The number of urea groups is 1. The molecule has 1 rings (SSSR count). The largest absolute Gasteiger partial charge is 0.333 e. The Labute approximate surface area is 135 Å². The molecule has 0 aliphatic rings. The predicted octanol–water partition coefficient (Wildman–Crippen LogP) is 1.53. The minimum absolute atomic E-state index is 0.191. The number of nitrogens with one attached hydrogen (secondary N) is 2. The van der Waals surface area contributed by atoms with E-state index in [0.717, 1.165) is 18.4 Å². The van der Waals surface area contributed by atoms with Gasteiger partial charge in [0.1, 0.15) is 4.90 Å². The van der Waals surface area contributed by atoms with Gasteiger partial charge in [0.15, 0.2) is 9.84 Å². The second-order valence-electron chi connectivity index (χ2n) is 5.67. The summed E-state index contributed by atoms with van der Waals surface area (Å²) in [7, 11) is -7.91. The van der Waals surface area contributed by atoms with Gasteiger partial charge in [-0.2, -0.15) is 0 Å². The van der Waals surface area contributed by atoms with E-state index in [1.807, 2.05) is 0 Å². The lowest BCUT2D eigenvalue weighted by Gasteiger charge is -2.20.